The minimum absolute atomic E-state index is 0.185. The molecule has 96 valence electrons. The molecule has 0 aromatic heterocycles. The summed E-state index contributed by atoms with van der Waals surface area (Å²) < 4.78 is 12.3. The van der Waals surface area contributed by atoms with Crippen LogP contribution in [0.5, 0.6) is 0 Å². The molecule has 0 amide bonds. The summed E-state index contributed by atoms with van der Waals surface area (Å²) in [5, 5.41) is 3.60. The van der Waals surface area contributed by atoms with Crippen LogP contribution in [-0.2, 0) is 0 Å². The van der Waals surface area contributed by atoms with Crippen molar-refractivity contribution in [3.63, 3.8) is 0 Å². The van der Waals surface area contributed by atoms with E-state index >= 15 is 0 Å². The van der Waals surface area contributed by atoms with Crippen LogP contribution in [0.1, 0.15) is 40.0 Å². The maximum absolute atomic E-state index is 12.3. The Morgan fingerprint density at radius 1 is 1.44 bits per heavy atom. The van der Waals surface area contributed by atoms with E-state index < -0.39 is 0 Å². The highest BCUT2D eigenvalue weighted by molar-refractivity contribution is 4.85. The van der Waals surface area contributed by atoms with E-state index in [1.807, 2.05) is 0 Å². The molecular formula is C13H27FN2. The Bertz CT molecular complexity index is 185. The van der Waals surface area contributed by atoms with E-state index in [2.05, 4.69) is 31.0 Å². The van der Waals surface area contributed by atoms with Crippen LogP contribution in [0.3, 0.4) is 0 Å². The predicted octanol–water partition coefficient (Wildman–Crippen LogP) is 2.44. The molecule has 1 saturated heterocycles. The molecule has 0 saturated carbocycles. The number of nitrogens with zero attached hydrogens (tertiary/aromatic N) is 1. The fourth-order valence-corrected chi connectivity index (χ4v) is 2.52. The molecule has 0 aromatic rings. The largest absolute Gasteiger partial charge is 0.311 e. The van der Waals surface area contributed by atoms with Gasteiger partial charge in [-0.15, -0.1) is 0 Å². The Kier molecular flexibility index (Phi) is 6.29. The molecule has 0 aromatic carbocycles. The van der Waals surface area contributed by atoms with Crippen molar-refractivity contribution < 1.29 is 4.39 Å². The molecule has 1 aliphatic rings. The van der Waals surface area contributed by atoms with Crippen molar-refractivity contribution in [2.75, 3.05) is 26.3 Å². The molecule has 1 N–H and O–H groups in total. The smallest absolute Gasteiger partial charge is 0.0906 e. The molecule has 2 atom stereocenters. The second kappa shape index (κ2) is 7.23. The summed E-state index contributed by atoms with van der Waals surface area (Å²) in [5.41, 5.74) is 0. The lowest BCUT2D eigenvalue weighted by atomic mass is 9.98. The van der Waals surface area contributed by atoms with Gasteiger partial charge in [-0.05, 0) is 25.2 Å². The number of hydrogen-bond donors (Lipinski definition) is 1. The van der Waals surface area contributed by atoms with E-state index in [-0.39, 0.29) is 6.67 Å². The summed E-state index contributed by atoms with van der Waals surface area (Å²) in [6.45, 7) is 9.64. The van der Waals surface area contributed by atoms with Crippen molar-refractivity contribution in [2.24, 2.45) is 5.92 Å². The third-order valence-electron chi connectivity index (χ3n) is 3.43. The molecule has 16 heavy (non-hydrogen) atoms. The first kappa shape index (κ1) is 13.9. The summed E-state index contributed by atoms with van der Waals surface area (Å²) in [5.74, 6) is 0.720. The Morgan fingerprint density at radius 2 is 2.19 bits per heavy atom. The summed E-state index contributed by atoms with van der Waals surface area (Å²) in [4.78, 5) is 2.49. The van der Waals surface area contributed by atoms with Gasteiger partial charge in [-0.25, -0.2) is 0 Å². The molecule has 1 heterocycles. The first-order valence-electron chi connectivity index (χ1n) is 6.70. The Morgan fingerprint density at radius 3 is 2.75 bits per heavy atom. The van der Waals surface area contributed by atoms with Gasteiger partial charge in [0.25, 0.3) is 0 Å². The van der Waals surface area contributed by atoms with E-state index in [0.717, 1.165) is 25.6 Å². The van der Waals surface area contributed by atoms with Crippen LogP contribution in [0, 0.1) is 5.92 Å². The summed E-state index contributed by atoms with van der Waals surface area (Å²) in [6, 6.07) is 1.21. The molecule has 1 rings (SSSR count). The van der Waals surface area contributed by atoms with Gasteiger partial charge in [0.15, 0.2) is 0 Å². The molecule has 0 bridgehead atoms. The normalized spacial score (nSPS) is 27.6. The predicted molar refractivity (Wildman–Crippen MR) is 67.5 cm³/mol. The van der Waals surface area contributed by atoms with Gasteiger partial charge in [-0.2, -0.15) is 0 Å². The zero-order valence-electron chi connectivity index (χ0n) is 11.0. The maximum Gasteiger partial charge on any atom is 0.0906 e. The first-order chi connectivity index (χ1) is 7.67. The first-order valence-corrected chi connectivity index (χ1v) is 6.70. The molecule has 1 aliphatic heterocycles. The number of alkyl halides is 1. The van der Waals surface area contributed by atoms with Crippen LogP contribution in [0.2, 0.25) is 0 Å². The standard InChI is InChI=1S/C13H27FN2/c1-4-12-10-16(7-5-6-14)13(9-15-12)8-11(2)3/h11-13,15H,4-10H2,1-3H3. The molecule has 1 fully saturated rings. The maximum atomic E-state index is 12.3. The van der Waals surface area contributed by atoms with Crippen molar-refractivity contribution in [3.05, 3.63) is 0 Å². The summed E-state index contributed by atoms with van der Waals surface area (Å²) in [7, 11) is 0. The molecule has 3 heteroatoms. The molecule has 0 radical (unpaired) electrons. The zero-order valence-corrected chi connectivity index (χ0v) is 11.0. The molecule has 2 unspecified atom stereocenters. The van der Waals surface area contributed by atoms with Gasteiger partial charge in [0.05, 0.1) is 6.67 Å². The second-order valence-corrected chi connectivity index (χ2v) is 5.33. The fraction of sp³-hybridized carbons (Fsp3) is 1.00. The average molecular weight is 230 g/mol. The second-order valence-electron chi connectivity index (χ2n) is 5.33. The topological polar surface area (TPSA) is 15.3 Å². The Labute approximate surface area is 99.6 Å². The molecule has 0 aliphatic carbocycles. The van der Waals surface area contributed by atoms with E-state index in [4.69, 9.17) is 0 Å². The average Bonchev–Trinajstić information content (AvgIpc) is 2.27. The van der Waals surface area contributed by atoms with E-state index in [0.29, 0.717) is 18.5 Å². The molecular weight excluding hydrogens is 203 g/mol. The number of hydrogen-bond acceptors (Lipinski definition) is 2. The highest BCUT2D eigenvalue weighted by atomic mass is 19.1. The lowest BCUT2D eigenvalue weighted by molar-refractivity contribution is 0.109. The van der Waals surface area contributed by atoms with Gasteiger partial charge < -0.3 is 5.32 Å². The minimum atomic E-state index is -0.185. The van der Waals surface area contributed by atoms with Gasteiger partial charge in [0.1, 0.15) is 0 Å². The number of nitrogens with one attached hydrogen (secondary N) is 1. The summed E-state index contributed by atoms with van der Waals surface area (Å²) in [6.07, 6.45) is 3.07. The number of piperazine rings is 1. The van der Waals surface area contributed by atoms with Crippen LogP contribution in [0.15, 0.2) is 0 Å². The summed E-state index contributed by atoms with van der Waals surface area (Å²) >= 11 is 0. The highest BCUT2D eigenvalue weighted by Gasteiger charge is 2.26. The van der Waals surface area contributed by atoms with Crippen LogP contribution in [0.25, 0.3) is 0 Å². The fourth-order valence-electron chi connectivity index (χ4n) is 2.52. The monoisotopic (exact) mass is 230 g/mol. The van der Waals surface area contributed by atoms with Crippen LogP contribution < -0.4 is 5.32 Å². The van der Waals surface area contributed by atoms with E-state index in [9.17, 15) is 4.39 Å². The SMILES string of the molecule is CCC1CN(CCCF)C(CC(C)C)CN1. The quantitative estimate of drug-likeness (QED) is 0.754. The number of rotatable bonds is 6. The van der Waals surface area contributed by atoms with Gasteiger partial charge >= 0.3 is 0 Å². The van der Waals surface area contributed by atoms with Gasteiger partial charge in [0.2, 0.25) is 0 Å². The van der Waals surface area contributed by atoms with E-state index in [1.165, 1.54) is 12.8 Å². The molecule has 2 nitrogen and oxygen atoms in total. The van der Waals surface area contributed by atoms with Gasteiger partial charge in [-0.3, -0.25) is 9.29 Å². The van der Waals surface area contributed by atoms with E-state index in [1.54, 1.807) is 0 Å². The van der Waals surface area contributed by atoms with Crippen molar-refractivity contribution in [2.45, 2.75) is 52.1 Å². The van der Waals surface area contributed by atoms with Crippen molar-refractivity contribution in [1.29, 1.82) is 0 Å². The van der Waals surface area contributed by atoms with Crippen molar-refractivity contribution in [1.82, 2.24) is 10.2 Å². The Hall–Kier alpha value is -0.150. The third kappa shape index (κ3) is 4.38. The van der Waals surface area contributed by atoms with Crippen LogP contribution >= 0.6 is 0 Å². The zero-order chi connectivity index (χ0) is 12.0. The lowest BCUT2D eigenvalue weighted by Gasteiger charge is -2.41. The van der Waals surface area contributed by atoms with Crippen LogP contribution in [0.4, 0.5) is 4.39 Å². The third-order valence-corrected chi connectivity index (χ3v) is 3.43. The van der Waals surface area contributed by atoms with Crippen LogP contribution in [-0.4, -0.2) is 43.3 Å². The highest BCUT2D eigenvalue weighted by Crippen LogP contribution is 2.16. The molecule has 0 spiro atoms. The van der Waals surface area contributed by atoms with Gasteiger partial charge in [0, 0.05) is 31.7 Å². The van der Waals surface area contributed by atoms with Crippen molar-refractivity contribution >= 4 is 0 Å². The van der Waals surface area contributed by atoms with Crippen molar-refractivity contribution in [3.8, 4) is 0 Å². The lowest BCUT2D eigenvalue weighted by Crippen LogP contribution is -2.56. The Balaban J connectivity index is 2.46. The van der Waals surface area contributed by atoms with Gasteiger partial charge in [-0.1, -0.05) is 20.8 Å². The number of halogens is 1. The minimum Gasteiger partial charge on any atom is -0.311 e.